The van der Waals surface area contributed by atoms with E-state index in [0.29, 0.717) is 0 Å². The average Bonchev–Trinajstić information content (AvgIpc) is 2.44. The van der Waals surface area contributed by atoms with Crippen LogP contribution in [-0.4, -0.2) is 6.54 Å². The van der Waals surface area contributed by atoms with Crippen LogP contribution in [-0.2, 0) is 6.42 Å². The van der Waals surface area contributed by atoms with Gasteiger partial charge in [0.2, 0.25) is 0 Å². The van der Waals surface area contributed by atoms with Crippen molar-refractivity contribution in [3.63, 3.8) is 0 Å². The topological polar surface area (TPSA) is 3.24 Å². The summed E-state index contributed by atoms with van der Waals surface area (Å²) in [6, 6.07) is 15.3. The third kappa shape index (κ3) is 1.63. The van der Waals surface area contributed by atoms with Crippen molar-refractivity contribution in [3.8, 4) is 0 Å². The highest BCUT2D eigenvalue weighted by molar-refractivity contribution is 5.75. The smallest absolute Gasteiger partial charge is 0.0447 e. The molecule has 0 atom stereocenters. The van der Waals surface area contributed by atoms with Gasteiger partial charge in [-0.15, -0.1) is 0 Å². The van der Waals surface area contributed by atoms with Crippen molar-refractivity contribution in [2.24, 2.45) is 0 Å². The van der Waals surface area contributed by atoms with Crippen LogP contribution in [0.4, 0.5) is 11.4 Å². The minimum absolute atomic E-state index is 0.997. The quantitative estimate of drug-likeness (QED) is 0.746. The van der Waals surface area contributed by atoms with Gasteiger partial charge < -0.3 is 4.90 Å². The van der Waals surface area contributed by atoms with Gasteiger partial charge in [-0.25, -0.2) is 0 Å². The zero-order chi connectivity index (χ0) is 12.5. The van der Waals surface area contributed by atoms with Crippen molar-refractivity contribution in [2.75, 3.05) is 11.4 Å². The summed E-state index contributed by atoms with van der Waals surface area (Å²) >= 11 is 0. The lowest BCUT2D eigenvalue weighted by molar-refractivity contribution is 0.961. The molecule has 1 heterocycles. The molecule has 0 bridgehead atoms. The summed E-state index contributed by atoms with van der Waals surface area (Å²) in [5.41, 5.74) is 6.69. The van der Waals surface area contributed by atoms with E-state index >= 15 is 0 Å². The largest absolute Gasteiger partial charge is 0.341 e. The molecule has 3 rings (SSSR count). The summed E-state index contributed by atoms with van der Waals surface area (Å²) in [7, 11) is 0. The molecular weight excluding hydrogens is 218 g/mol. The highest BCUT2D eigenvalue weighted by Crippen LogP contribution is 2.38. The summed E-state index contributed by atoms with van der Waals surface area (Å²) in [4.78, 5) is 2.39. The third-order valence-electron chi connectivity index (χ3n) is 3.61. The first kappa shape index (κ1) is 11.1. The number of hydrogen-bond acceptors (Lipinski definition) is 1. The Bertz CT molecular complexity index is 598. The zero-order valence-electron chi connectivity index (χ0n) is 10.7. The predicted octanol–water partition coefficient (Wildman–Crippen LogP) is 4.39. The fraction of sp³-hybridized carbons (Fsp3) is 0.176. The van der Waals surface area contributed by atoms with Gasteiger partial charge in [-0.1, -0.05) is 36.9 Å². The molecule has 0 unspecified atom stereocenters. The lowest BCUT2D eigenvalue weighted by Crippen LogP contribution is -2.22. The second-order valence-electron chi connectivity index (χ2n) is 4.64. The van der Waals surface area contributed by atoms with E-state index in [-0.39, 0.29) is 0 Å². The molecule has 1 aliphatic heterocycles. The fourth-order valence-electron chi connectivity index (χ4n) is 2.74. The first-order chi connectivity index (χ1) is 8.83. The van der Waals surface area contributed by atoms with Crippen molar-refractivity contribution in [1.82, 2.24) is 0 Å². The summed E-state index contributed by atoms with van der Waals surface area (Å²) < 4.78 is 0. The van der Waals surface area contributed by atoms with Crippen LogP contribution in [0.25, 0.3) is 6.08 Å². The Hall–Kier alpha value is -2.02. The highest BCUT2D eigenvalue weighted by Gasteiger charge is 2.20. The van der Waals surface area contributed by atoms with Crippen molar-refractivity contribution >= 4 is 17.5 Å². The van der Waals surface area contributed by atoms with E-state index in [1.165, 1.54) is 28.1 Å². The van der Waals surface area contributed by atoms with Crippen LogP contribution >= 0.6 is 0 Å². The van der Waals surface area contributed by atoms with E-state index in [1.54, 1.807) is 0 Å². The molecule has 0 saturated heterocycles. The van der Waals surface area contributed by atoms with Crippen molar-refractivity contribution in [3.05, 3.63) is 65.7 Å². The Morgan fingerprint density at radius 2 is 1.89 bits per heavy atom. The van der Waals surface area contributed by atoms with Gasteiger partial charge >= 0.3 is 0 Å². The number of anilines is 2. The number of para-hydroxylation sites is 1. The molecule has 0 spiro atoms. The Balaban J connectivity index is 2.16. The van der Waals surface area contributed by atoms with Gasteiger partial charge in [-0.05, 0) is 41.8 Å². The van der Waals surface area contributed by atoms with Gasteiger partial charge in [-0.2, -0.15) is 0 Å². The maximum atomic E-state index is 3.85. The Labute approximate surface area is 108 Å². The van der Waals surface area contributed by atoms with Crippen LogP contribution in [0.1, 0.15) is 23.6 Å². The third-order valence-corrected chi connectivity index (χ3v) is 3.61. The summed E-state index contributed by atoms with van der Waals surface area (Å²) in [5, 5.41) is 0. The van der Waals surface area contributed by atoms with Gasteiger partial charge in [0.05, 0.1) is 0 Å². The van der Waals surface area contributed by atoms with Crippen LogP contribution in [0, 0.1) is 0 Å². The lowest BCUT2D eigenvalue weighted by atomic mass is 9.94. The molecule has 0 amide bonds. The lowest BCUT2D eigenvalue weighted by Gasteiger charge is -2.32. The molecule has 1 aliphatic rings. The van der Waals surface area contributed by atoms with Crippen molar-refractivity contribution < 1.29 is 0 Å². The number of rotatable bonds is 2. The molecule has 1 heteroatoms. The number of fused-ring (bicyclic) bond motifs is 2. The minimum Gasteiger partial charge on any atom is -0.341 e. The molecule has 1 nitrogen and oxygen atoms in total. The molecule has 0 aromatic heterocycles. The maximum Gasteiger partial charge on any atom is 0.0447 e. The number of benzene rings is 2. The monoisotopic (exact) mass is 235 g/mol. The number of hydrogen-bond donors (Lipinski definition) is 0. The van der Waals surface area contributed by atoms with Crippen LogP contribution in [0.3, 0.4) is 0 Å². The normalized spacial score (nSPS) is 12.8. The maximum absolute atomic E-state index is 3.85. The molecule has 0 fully saturated rings. The van der Waals surface area contributed by atoms with Gasteiger partial charge in [0.15, 0.2) is 0 Å². The van der Waals surface area contributed by atoms with Crippen LogP contribution in [0.2, 0.25) is 0 Å². The highest BCUT2D eigenvalue weighted by atomic mass is 15.1. The zero-order valence-corrected chi connectivity index (χ0v) is 10.7. The number of nitrogens with zero attached hydrogens (tertiary/aromatic N) is 1. The molecule has 0 saturated carbocycles. The Kier molecular flexibility index (Phi) is 2.67. The van der Waals surface area contributed by atoms with Gasteiger partial charge in [-0.3, -0.25) is 0 Å². The molecule has 2 aromatic rings. The fourth-order valence-corrected chi connectivity index (χ4v) is 2.74. The Morgan fingerprint density at radius 3 is 2.67 bits per heavy atom. The molecule has 2 aromatic carbocycles. The van der Waals surface area contributed by atoms with E-state index in [9.17, 15) is 0 Å². The molecular formula is C17H17N. The second kappa shape index (κ2) is 4.34. The molecule has 18 heavy (non-hydrogen) atoms. The van der Waals surface area contributed by atoms with Crippen LogP contribution < -0.4 is 4.90 Å². The van der Waals surface area contributed by atoms with E-state index in [4.69, 9.17) is 0 Å². The first-order valence-corrected chi connectivity index (χ1v) is 6.44. The Morgan fingerprint density at radius 1 is 1.11 bits per heavy atom. The molecule has 90 valence electrons. The second-order valence-corrected chi connectivity index (χ2v) is 4.64. The van der Waals surface area contributed by atoms with Crippen molar-refractivity contribution in [2.45, 2.75) is 13.3 Å². The summed E-state index contributed by atoms with van der Waals surface area (Å²) in [6.45, 7) is 7.05. The predicted molar refractivity (Wildman–Crippen MR) is 78.5 cm³/mol. The molecule has 0 N–H and O–H groups in total. The van der Waals surface area contributed by atoms with Gasteiger partial charge in [0.25, 0.3) is 0 Å². The first-order valence-electron chi connectivity index (χ1n) is 6.44. The summed E-state index contributed by atoms with van der Waals surface area (Å²) in [5.74, 6) is 0. The van der Waals surface area contributed by atoms with E-state index in [0.717, 1.165) is 13.0 Å². The van der Waals surface area contributed by atoms with Crippen molar-refractivity contribution in [1.29, 1.82) is 0 Å². The molecule has 0 aliphatic carbocycles. The van der Waals surface area contributed by atoms with E-state index in [1.807, 2.05) is 6.08 Å². The minimum atomic E-state index is 0.997. The average molecular weight is 235 g/mol. The van der Waals surface area contributed by atoms with E-state index in [2.05, 4.69) is 60.9 Å². The standard InChI is InChI=1S/C17H17N/c1-3-13-9-10-17-15(11-13)12-14-7-5-6-8-16(14)18(17)4-2/h3,5-11H,1,4,12H2,2H3. The van der Waals surface area contributed by atoms with Crippen LogP contribution in [0.5, 0.6) is 0 Å². The van der Waals surface area contributed by atoms with Gasteiger partial charge in [0.1, 0.15) is 0 Å². The van der Waals surface area contributed by atoms with Gasteiger partial charge in [0, 0.05) is 24.3 Å². The summed E-state index contributed by atoms with van der Waals surface area (Å²) in [6.07, 6.45) is 2.93. The SMILES string of the molecule is C=Cc1ccc2c(c1)Cc1ccccc1N2CC. The van der Waals surface area contributed by atoms with Crippen LogP contribution in [0.15, 0.2) is 49.0 Å². The van der Waals surface area contributed by atoms with E-state index < -0.39 is 0 Å². The molecule has 0 radical (unpaired) electrons.